The van der Waals surface area contributed by atoms with Crippen molar-refractivity contribution in [3.63, 3.8) is 0 Å². The third-order valence-electron chi connectivity index (χ3n) is 3.00. The molecule has 3 nitrogen and oxygen atoms in total. The number of carboxylic acids is 1. The molecule has 0 spiro atoms. The van der Waals surface area contributed by atoms with Crippen LogP contribution in [0.1, 0.15) is 11.1 Å². The average molecular weight is 291 g/mol. The number of aryl methyl sites for hydroxylation is 1. The fourth-order valence-electron chi connectivity index (χ4n) is 1.88. The van der Waals surface area contributed by atoms with E-state index in [1.165, 1.54) is 0 Å². The molecule has 0 unspecified atom stereocenters. The Hall–Kier alpha value is -2.00. The highest BCUT2D eigenvalue weighted by Crippen LogP contribution is 2.22. The summed E-state index contributed by atoms with van der Waals surface area (Å²) in [6.45, 7) is 1.88. The van der Waals surface area contributed by atoms with Crippen LogP contribution in [0.5, 0.6) is 5.75 Å². The summed E-state index contributed by atoms with van der Waals surface area (Å²) in [5.74, 6) is -0.430. The number of carbonyl (C=O) groups is 1. The highest BCUT2D eigenvalue weighted by molar-refractivity contribution is 6.31. The zero-order chi connectivity index (χ0) is 14.5. The summed E-state index contributed by atoms with van der Waals surface area (Å²) in [5, 5.41) is 9.86. The predicted molar refractivity (Wildman–Crippen MR) is 78.4 cm³/mol. The van der Waals surface area contributed by atoms with Gasteiger partial charge in [0.25, 0.3) is 0 Å². The van der Waals surface area contributed by atoms with Crippen molar-refractivity contribution < 1.29 is 14.6 Å². The lowest BCUT2D eigenvalue weighted by Gasteiger charge is -2.17. The summed E-state index contributed by atoms with van der Waals surface area (Å²) >= 11 is 6.06. The fraction of sp³-hybridized carbons (Fsp3) is 0.188. The van der Waals surface area contributed by atoms with E-state index >= 15 is 0 Å². The smallest absolute Gasteiger partial charge is 0.345 e. The highest BCUT2D eigenvalue weighted by atomic mass is 35.5. The number of hydrogen-bond acceptors (Lipinski definition) is 2. The van der Waals surface area contributed by atoms with Gasteiger partial charge in [-0.25, -0.2) is 4.79 Å². The summed E-state index contributed by atoms with van der Waals surface area (Å²) in [7, 11) is 0. The molecular formula is C16H15ClO3. The maximum atomic E-state index is 11.4. The number of carboxylic acid groups (broad SMARTS) is 1. The van der Waals surface area contributed by atoms with Crippen LogP contribution in [0.3, 0.4) is 0 Å². The molecule has 0 aliphatic rings. The average Bonchev–Trinajstić information content (AvgIpc) is 2.42. The third-order valence-corrected chi connectivity index (χ3v) is 3.37. The summed E-state index contributed by atoms with van der Waals surface area (Å²) in [6.07, 6.45) is -0.737. The van der Waals surface area contributed by atoms with E-state index in [1.807, 2.05) is 37.3 Å². The lowest BCUT2D eigenvalue weighted by Crippen LogP contribution is -2.29. The minimum Gasteiger partial charge on any atom is -0.478 e. The molecule has 0 heterocycles. The molecule has 0 radical (unpaired) electrons. The van der Waals surface area contributed by atoms with Crippen molar-refractivity contribution >= 4 is 17.6 Å². The van der Waals surface area contributed by atoms with Crippen LogP contribution < -0.4 is 4.74 Å². The zero-order valence-electron chi connectivity index (χ0n) is 11.0. The molecule has 0 aliphatic heterocycles. The maximum Gasteiger partial charge on any atom is 0.345 e. The van der Waals surface area contributed by atoms with Gasteiger partial charge in [0, 0.05) is 11.4 Å². The van der Waals surface area contributed by atoms with Crippen molar-refractivity contribution in [1.82, 2.24) is 0 Å². The van der Waals surface area contributed by atoms with Gasteiger partial charge in [0.05, 0.1) is 0 Å². The highest BCUT2D eigenvalue weighted by Gasteiger charge is 2.21. The van der Waals surface area contributed by atoms with Gasteiger partial charge in [0.2, 0.25) is 0 Å². The van der Waals surface area contributed by atoms with E-state index < -0.39 is 12.1 Å². The van der Waals surface area contributed by atoms with Crippen LogP contribution in [0.15, 0.2) is 48.5 Å². The monoisotopic (exact) mass is 290 g/mol. The van der Waals surface area contributed by atoms with Crippen molar-refractivity contribution in [2.45, 2.75) is 19.4 Å². The lowest BCUT2D eigenvalue weighted by molar-refractivity contribution is -0.145. The van der Waals surface area contributed by atoms with Gasteiger partial charge in [-0.15, -0.1) is 0 Å². The predicted octanol–water partition coefficient (Wildman–Crippen LogP) is 3.72. The van der Waals surface area contributed by atoms with E-state index in [9.17, 15) is 9.90 Å². The van der Waals surface area contributed by atoms with E-state index in [4.69, 9.17) is 16.3 Å². The Balaban J connectivity index is 2.19. The number of halogens is 1. The van der Waals surface area contributed by atoms with Gasteiger partial charge in [0.15, 0.2) is 6.10 Å². The Labute approximate surface area is 122 Å². The lowest BCUT2D eigenvalue weighted by atomic mass is 10.1. The molecule has 0 aliphatic carbocycles. The normalized spacial score (nSPS) is 11.9. The van der Waals surface area contributed by atoms with Crippen molar-refractivity contribution in [2.75, 3.05) is 0 Å². The molecule has 0 bridgehead atoms. The molecule has 2 rings (SSSR count). The number of rotatable bonds is 5. The van der Waals surface area contributed by atoms with Crippen molar-refractivity contribution in [1.29, 1.82) is 0 Å². The van der Waals surface area contributed by atoms with Crippen molar-refractivity contribution in [3.8, 4) is 5.75 Å². The molecule has 2 aromatic carbocycles. The van der Waals surface area contributed by atoms with Gasteiger partial charge in [-0.05, 0) is 30.2 Å². The minimum absolute atomic E-state index is 0.226. The van der Waals surface area contributed by atoms with E-state index in [1.54, 1.807) is 18.2 Å². The fourth-order valence-corrected chi connectivity index (χ4v) is 2.10. The molecule has 0 aromatic heterocycles. The van der Waals surface area contributed by atoms with Gasteiger partial charge in [-0.1, -0.05) is 48.0 Å². The largest absolute Gasteiger partial charge is 0.478 e. The zero-order valence-corrected chi connectivity index (χ0v) is 11.8. The first-order chi connectivity index (χ1) is 9.58. The van der Waals surface area contributed by atoms with Crippen LogP contribution in [0.25, 0.3) is 0 Å². The number of benzene rings is 2. The van der Waals surface area contributed by atoms with E-state index in [0.29, 0.717) is 10.8 Å². The van der Waals surface area contributed by atoms with Crippen LogP contribution in [0.2, 0.25) is 5.02 Å². The maximum absolute atomic E-state index is 11.4. The van der Waals surface area contributed by atoms with E-state index in [-0.39, 0.29) is 6.42 Å². The summed E-state index contributed by atoms with van der Waals surface area (Å²) in [6, 6.07) is 14.5. The summed E-state index contributed by atoms with van der Waals surface area (Å²) < 4.78 is 5.61. The van der Waals surface area contributed by atoms with Crippen LogP contribution in [-0.4, -0.2) is 17.2 Å². The van der Waals surface area contributed by atoms with Crippen LogP contribution in [0, 0.1) is 6.92 Å². The van der Waals surface area contributed by atoms with Gasteiger partial charge in [0.1, 0.15) is 5.75 Å². The Morgan fingerprint density at radius 3 is 2.50 bits per heavy atom. The second-order valence-corrected chi connectivity index (χ2v) is 4.91. The van der Waals surface area contributed by atoms with E-state index in [0.717, 1.165) is 11.1 Å². The van der Waals surface area contributed by atoms with Gasteiger partial charge in [-0.3, -0.25) is 0 Å². The van der Waals surface area contributed by atoms with Crippen LogP contribution >= 0.6 is 11.6 Å². The van der Waals surface area contributed by atoms with Crippen LogP contribution in [0.4, 0.5) is 0 Å². The molecule has 20 heavy (non-hydrogen) atoms. The molecule has 0 amide bonds. The molecule has 2 aromatic rings. The SMILES string of the molecule is Cc1ccccc1O[C@H](Cc1ccccc1Cl)C(=O)O. The van der Waals surface area contributed by atoms with Gasteiger partial charge < -0.3 is 9.84 Å². The first-order valence-electron chi connectivity index (χ1n) is 6.26. The van der Waals surface area contributed by atoms with E-state index in [2.05, 4.69) is 0 Å². The molecule has 0 saturated heterocycles. The molecule has 0 fully saturated rings. The Morgan fingerprint density at radius 2 is 1.85 bits per heavy atom. The number of aliphatic carboxylic acids is 1. The first-order valence-corrected chi connectivity index (χ1v) is 6.64. The Bertz CT molecular complexity index is 563. The standard InChI is InChI=1S/C16H15ClO3/c1-11-6-2-5-9-14(11)20-15(16(18)19)10-12-7-3-4-8-13(12)17/h2-9,15H,10H2,1H3,(H,18,19)/t15-/m1/s1. The Morgan fingerprint density at radius 1 is 1.20 bits per heavy atom. The van der Waals surface area contributed by atoms with Gasteiger partial charge in [-0.2, -0.15) is 0 Å². The summed E-state index contributed by atoms with van der Waals surface area (Å²) in [4.78, 5) is 11.4. The quantitative estimate of drug-likeness (QED) is 0.913. The second-order valence-electron chi connectivity index (χ2n) is 4.51. The number of ether oxygens (including phenoxy) is 1. The second kappa shape index (κ2) is 6.44. The molecular weight excluding hydrogens is 276 g/mol. The van der Waals surface area contributed by atoms with Crippen molar-refractivity contribution in [3.05, 3.63) is 64.7 Å². The van der Waals surface area contributed by atoms with Gasteiger partial charge >= 0.3 is 5.97 Å². The van der Waals surface area contributed by atoms with Crippen molar-refractivity contribution in [2.24, 2.45) is 0 Å². The molecule has 0 saturated carbocycles. The third kappa shape index (κ3) is 3.52. The Kier molecular flexibility index (Phi) is 4.64. The molecule has 1 atom stereocenters. The topological polar surface area (TPSA) is 46.5 Å². The molecule has 4 heteroatoms. The number of para-hydroxylation sites is 1. The molecule has 1 N–H and O–H groups in total. The number of hydrogen-bond donors (Lipinski definition) is 1. The van der Waals surface area contributed by atoms with Crippen LogP contribution in [-0.2, 0) is 11.2 Å². The minimum atomic E-state index is -1.01. The summed E-state index contributed by atoms with van der Waals surface area (Å²) in [5.41, 5.74) is 1.66. The first kappa shape index (κ1) is 14.4. The molecule has 104 valence electrons.